The van der Waals surface area contributed by atoms with Crippen LogP contribution in [0.1, 0.15) is 43.9 Å². The summed E-state index contributed by atoms with van der Waals surface area (Å²) in [6.45, 7) is 5.94. The second-order valence-corrected chi connectivity index (χ2v) is 12.7. The number of hydrogen-bond donors (Lipinski definition) is 3. The number of phenols is 1. The number of nitrogens with zero attached hydrogens (tertiary/aromatic N) is 5. The highest BCUT2D eigenvalue weighted by molar-refractivity contribution is 5.95. The molecule has 11 heteroatoms. The molecular formula is C33H36FN7O3. The number of hydrogen-bond acceptors (Lipinski definition) is 9. The monoisotopic (exact) mass is 597 g/mol. The highest BCUT2D eigenvalue weighted by atomic mass is 19.1. The third-order valence-corrected chi connectivity index (χ3v) is 9.99. The van der Waals surface area contributed by atoms with Crippen LogP contribution in [0.5, 0.6) is 11.8 Å². The smallest absolute Gasteiger partial charge is 0.317 e. The summed E-state index contributed by atoms with van der Waals surface area (Å²) < 4.78 is 22.1. The quantitative estimate of drug-likeness (QED) is 0.308. The Balaban J connectivity index is 1.30. The van der Waals surface area contributed by atoms with Gasteiger partial charge in [-0.2, -0.15) is 19.7 Å². The Morgan fingerprint density at radius 3 is 3.02 bits per heavy atom. The van der Waals surface area contributed by atoms with Crippen LogP contribution in [-0.2, 0) is 6.42 Å². The number of nitrogens with one attached hydrogen (secondary N) is 2. The minimum Gasteiger partial charge on any atom is -0.508 e. The highest BCUT2D eigenvalue weighted by Crippen LogP contribution is 2.40. The topological polar surface area (TPSA) is 117 Å². The van der Waals surface area contributed by atoms with Crippen LogP contribution in [0.4, 0.5) is 4.39 Å². The number of benzene rings is 2. The molecule has 0 radical (unpaired) electrons. The van der Waals surface area contributed by atoms with Crippen LogP contribution in [0, 0.1) is 0 Å². The predicted octanol–water partition coefficient (Wildman–Crippen LogP) is 3.27. The summed E-state index contributed by atoms with van der Waals surface area (Å²) in [5.41, 5.74) is 3.89. The van der Waals surface area contributed by atoms with Crippen LogP contribution >= 0.6 is 0 Å². The van der Waals surface area contributed by atoms with Crippen molar-refractivity contribution in [1.29, 1.82) is 0 Å². The summed E-state index contributed by atoms with van der Waals surface area (Å²) >= 11 is 0. The summed E-state index contributed by atoms with van der Waals surface area (Å²) in [7, 11) is 0. The molecule has 3 N–H and O–H groups in total. The Hall–Kier alpha value is -3.93. The normalized spacial score (nSPS) is 25.2. The van der Waals surface area contributed by atoms with Crippen LogP contribution in [0.2, 0.25) is 0 Å². The molecule has 2 aromatic carbocycles. The van der Waals surface area contributed by atoms with Gasteiger partial charge in [0.1, 0.15) is 24.0 Å². The van der Waals surface area contributed by atoms with Gasteiger partial charge in [0.2, 0.25) is 0 Å². The molecule has 5 aliphatic rings. The van der Waals surface area contributed by atoms with E-state index in [1.807, 2.05) is 18.2 Å². The number of alkyl halides is 1. The van der Waals surface area contributed by atoms with E-state index in [9.17, 15) is 14.3 Å². The Kier molecular flexibility index (Phi) is 6.65. The first-order valence-corrected chi connectivity index (χ1v) is 15.6. The van der Waals surface area contributed by atoms with E-state index in [-0.39, 0.29) is 35.5 Å². The molecule has 228 valence electrons. The zero-order valence-corrected chi connectivity index (χ0v) is 24.8. The maximum Gasteiger partial charge on any atom is 0.317 e. The number of aromatic hydroxyl groups is 1. The van der Waals surface area contributed by atoms with E-state index in [4.69, 9.17) is 14.7 Å². The lowest BCUT2D eigenvalue weighted by atomic mass is 9.93. The van der Waals surface area contributed by atoms with Gasteiger partial charge in [0, 0.05) is 50.1 Å². The first-order chi connectivity index (χ1) is 21.4. The molecule has 3 atom stereocenters. The fraction of sp³-hybridized carbons (Fsp3) is 0.455. The van der Waals surface area contributed by atoms with E-state index in [1.165, 1.54) is 10.3 Å². The zero-order valence-electron chi connectivity index (χ0n) is 24.8. The van der Waals surface area contributed by atoms with Crippen molar-refractivity contribution in [2.24, 2.45) is 0 Å². The second-order valence-electron chi connectivity index (χ2n) is 12.7. The van der Waals surface area contributed by atoms with E-state index >= 15 is 0 Å². The molecule has 2 aromatic heterocycles. The first kappa shape index (κ1) is 27.6. The van der Waals surface area contributed by atoms with Gasteiger partial charge in [0.15, 0.2) is 0 Å². The summed E-state index contributed by atoms with van der Waals surface area (Å²) in [5.74, 6) is 0.0477. The van der Waals surface area contributed by atoms with Gasteiger partial charge in [-0.15, -0.1) is 0 Å². The van der Waals surface area contributed by atoms with E-state index < -0.39 is 11.7 Å². The molecule has 44 heavy (non-hydrogen) atoms. The van der Waals surface area contributed by atoms with E-state index in [1.54, 1.807) is 18.3 Å². The maximum atomic E-state index is 14.5. The van der Waals surface area contributed by atoms with Gasteiger partial charge in [-0.1, -0.05) is 25.1 Å². The highest BCUT2D eigenvalue weighted by Gasteiger charge is 2.49. The lowest BCUT2D eigenvalue weighted by Gasteiger charge is -2.31. The van der Waals surface area contributed by atoms with Gasteiger partial charge in [-0.3, -0.25) is 9.69 Å². The molecule has 9 rings (SSSR count). The molecule has 4 aromatic rings. The number of aryl methyl sites for hydroxylation is 1. The van der Waals surface area contributed by atoms with Crippen LogP contribution in [0.3, 0.4) is 0 Å². The lowest BCUT2D eigenvalue weighted by molar-refractivity contribution is 0.107. The van der Waals surface area contributed by atoms with Gasteiger partial charge in [0.05, 0.1) is 28.5 Å². The number of rotatable bonds is 6. The first-order valence-electron chi connectivity index (χ1n) is 15.6. The van der Waals surface area contributed by atoms with Gasteiger partial charge in [-0.05, 0) is 60.4 Å². The summed E-state index contributed by atoms with van der Waals surface area (Å²) in [6.07, 6.45) is 4.60. The Morgan fingerprint density at radius 1 is 1.23 bits per heavy atom. The number of ether oxygens (including phenoxy) is 1. The van der Waals surface area contributed by atoms with E-state index in [2.05, 4.69) is 27.6 Å². The fourth-order valence-electron chi connectivity index (χ4n) is 7.86. The zero-order chi connectivity index (χ0) is 30.0. The molecule has 1 unspecified atom stereocenters. The molecule has 5 aliphatic heterocycles. The van der Waals surface area contributed by atoms with Gasteiger partial charge in [-0.25, -0.2) is 4.39 Å². The van der Waals surface area contributed by atoms with Crippen LogP contribution in [0.15, 0.2) is 46.9 Å². The van der Waals surface area contributed by atoms with Crippen molar-refractivity contribution in [2.75, 3.05) is 39.3 Å². The Bertz CT molecular complexity index is 1890. The summed E-state index contributed by atoms with van der Waals surface area (Å²) in [6, 6.07) is 9.53. The average Bonchev–Trinajstić information content (AvgIpc) is 3.35. The molecule has 0 aliphatic carbocycles. The Labute approximate surface area is 253 Å². The van der Waals surface area contributed by atoms with Crippen molar-refractivity contribution in [3.05, 3.63) is 63.7 Å². The van der Waals surface area contributed by atoms with Crippen molar-refractivity contribution in [2.45, 2.75) is 56.8 Å². The van der Waals surface area contributed by atoms with Crippen molar-refractivity contribution in [3.8, 4) is 17.4 Å². The predicted molar refractivity (Wildman–Crippen MR) is 166 cm³/mol. The second kappa shape index (κ2) is 10.6. The van der Waals surface area contributed by atoms with Crippen LogP contribution in [0.25, 0.3) is 32.9 Å². The minimum absolute atomic E-state index is 0.0477. The molecule has 10 nitrogen and oxygen atoms in total. The van der Waals surface area contributed by atoms with Gasteiger partial charge in [0.25, 0.3) is 5.56 Å². The van der Waals surface area contributed by atoms with Crippen molar-refractivity contribution < 1.29 is 14.2 Å². The van der Waals surface area contributed by atoms with Crippen molar-refractivity contribution in [3.63, 3.8) is 0 Å². The molecule has 0 amide bonds. The molecule has 7 heterocycles. The number of aromatic nitrogens is 4. The molecular weight excluding hydrogens is 561 g/mol. The number of phenolic OH excluding ortho intramolecular Hbond substituents is 1. The standard InChI is InChI=1S/C33H36FN7O3/c1-2-19-5-3-6-20-9-24(42)11-27(28(19)20)41-31(43)30-26(16-37-41)29(25-10-23-15-35-13-21(25)14-36-23)38-32(39-30)44-18-33-7-4-8-40(33)17-22(34)12-33/h3,5-6,9,11,16,22-23,35-36,42H,2,4,7-8,10,12-15,17-18H2,1H3/t22-,23?,33+/m1/s1. The fourth-order valence-corrected chi connectivity index (χ4v) is 7.86. The number of halogens is 1. The summed E-state index contributed by atoms with van der Waals surface area (Å²) in [5, 5.41) is 24.6. The van der Waals surface area contributed by atoms with Crippen molar-refractivity contribution >= 4 is 27.2 Å². The van der Waals surface area contributed by atoms with Gasteiger partial charge < -0.3 is 20.5 Å². The molecule has 2 bridgehead atoms. The summed E-state index contributed by atoms with van der Waals surface area (Å²) in [4.78, 5) is 26.2. The van der Waals surface area contributed by atoms with E-state index in [0.717, 1.165) is 73.8 Å². The molecule has 3 saturated heterocycles. The molecule has 0 spiro atoms. The van der Waals surface area contributed by atoms with Crippen LogP contribution in [-0.4, -0.2) is 86.8 Å². The van der Waals surface area contributed by atoms with Crippen LogP contribution < -0.4 is 20.9 Å². The van der Waals surface area contributed by atoms with E-state index in [0.29, 0.717) is 29.7 Å². The average molecular weight is 598 g/mol. The molecule has 0 saturated carbocycles. The Morgan fingerprint density at radius 2 is 2.14 bits per heavy atom. The largest absolute Gasteiger partial charge is 0.508 e. The third kappa shape index (κ3) is 4.48. The maximum absolute atomic E-state index is 14.5. The lowest BCUT2D eigenvalue weighted by Crippen LogP contribution is -2.43. The van der Waals surface area contributed by atoms with Crippen molar-refractivity contribution in [1.82, 2.24) is 35.3 Å². The van der Waals surface area contributed by atoms with Gasteiger partial charge >= 0.3 is 6.01 Å². The third-order valence-electron chi connectivity index (χ3n) is 9.99. The SMILES string of the molecule is CCc1cccc2cc(O)cc(-n3ncc4c(C5=C6CNCC(C5)NC6)nc(OC[C@@]56CCCN5C[C@H](F)C6)nc4c3=O)c12. The molecule has 3 fully saturated rings. The number of fused-ring (bicyclic) bond motifs is 7. The minimum atomic E-state index is -0.871.